The van der Waals surface area contributed by atoms with E-state index in [2.05, 4.69) is 44.8 Å². The number of ether oxygens (including phenoxy) is 1. The van der Waals surface area contributed by atoms with Crippen LogP contribution in [0.5, 0.6) is 11.6 Å². The van der Waals surface area contributed by atoms with E-state index in [1.54, 1.807) is 0 Å². The van der Waals surface area contributed by atoms with Crippen molar-refractivity contribution in [3.63, 3.8) is 0 Å². The molecule has 112 valence electrons. The molecule has 0 spiro atoms. The summed E-state index contributed by atoms with van der Waals surface area (Å²) in [6, 6.07) is 7.94. The summed E-state index contributed by atoms with van der Waals surface area (Å²) in [5, 5.41) is 3.34. The molecule has 2 aromatic rings. The lowest BCUT2D eigenvalue weighted by Crippen LogP contribution is -2.08. The van der Waals surface area contributed by atoms with Crippen LogP contribution >= 0.6 is 22.6 Å². The van der Waals surface area contributed by atoms with Crippen LogP contribution in [0.3, 0.4) is 0 Å². The van der Waals surface area contributed by atoms with Crippen molar-refractivity contribution in [1.29, 1.82) is 0 Å². The molecule has 5 heteroatoms. The van der Waals surface area contributed by atoms with Crippen LogP contribution in [0.4, 0.5) is 5.82 Å². The Balaban J connectivity index is 2.33. The molecule has 0 radical (unpaired) electrons. The van der Waals surface area contributed by atoms with Crippen molar-refractivity contribution >= 4 is 28.4 Å². The molecule has 0 unspecified atom stereocenters. The van der Waals surface area contributed by atoms with Crippen molar-refractivity contribution in [2.45, 2.75) is 33.6 Å². The highest BCUT2D eigenvalue weighted by atomic mass is 127. The number of benzene rings is 1. The van der Waals surface area contributed by atoms with Crippen molar-refractivity contribution in [2.75, 3.05) is 11.9 Å². The molecule has 0 bridgehead atoms. The molecule has 1 N–H and O–H groups in total. The van der Waals surface area contributed by atoms with Gasteiger partial charge in [-0.25, -0.2) is 4.98 Å². The summed E-state index contributed by atoms with van der Waals surface area (Å²) in [4.78, 5) is 9.05. The minimum Gasteiger partial charge on any atom is -0.439 e. The summed E-state index contributed by atoms with van der Waals surface area (Å²) in [6.45, 7) is 7.06. The van der Waals surface area contributed by atoms with Crippen LogP contribution in [0.15, 0.2) is 24.3 Å². The molecular weight excluding hydrogens is 377 g/mol. The van der Waals surface area contributed by atoms with Crippen molar-refractivity contribution in [1.82, 2.24) is 9.97 Å². The maximum Gasteiger partial charge on any atom is 0.227 e. The fraction of sp³-hybridized carbons (Fsp3) is 0.375. The average Bonchev–Trinajstić information content (AvgIpc) is 2.48. The number of hydrogen-bond acceptors (Lipinski definition) is 4. The van der Waals surface area contributed by atoms with Gasteiger partial charge in [0.25, 0.3) is 0 Å². The fourth-order valence-electron chi connectivity index (χ4n) is 1.86. The molecule has 1 heterocycles. The van der Waals surface area contributed by atoms with E-state index in [0.717, 1.165) is 45.9 Å². The molecule has 1 aromatic heterocycles. The van der Waals surface area contributed by atoms with Gasteiger partial charge in [-0.2, -0.15) is 4.98 Å². The molecular formula is C16H20IN3O. The number of hydrogen-bond donors (Lipinski definition) is 1. The van der Waals surface area contributed by atoms with Crippen molar-refractivity contribution in [3.05, 3.63) is 39.2 Å². The molecule has 4 nitrogen and oxygen atoms in total. The van der Waals surface area contributed by atoms with Crippen LogP contribution in [0.25, 0.3) is 0 Å². The predicted molar refractivity (Wildman–Crippen MR) is 94.2 cm³/mol. The second kappa shape index (κ2) is 7.59. The van der Waals surface area contributed by atoms with Gasteiger partial charge in [0.05, 0.1) is 5.56 Å². The van der Waals surface area contributed by atoms with Gasteiger partial charge in [0.1, 0.15) is 17.4 Å². The average molecular weight is 397 g/mol. The molecule has 0 aliphatic rings. The van der Waals surface area contributed by atoms with E-state index in [1.807, 2.05) is 38.1 Å². The van der Waals surface area contributed by atoms with E-state index in [0.29, 0.717) is 5.88 Å². The van der Waals surface area contributed by atoms with Crippen molar-refractivity contribution < 1.29 is 4.74 Å². The highest BCUT2D eigenvalue weighted by molar-refractivity contribution is 14.1. The zero-order valence-electron chi connectivity index (χ0n) is 12.6. The Labute approximate surface area is 139 Å². The van der Waals surface area contributed by atoms with E-state index in [9.17, 15) is 0 Å². The number of nitrogens with one attached hydrogen (secondary N) is 1. The molecule has 0 saturated carbocycles. The standard InChI is InChI=1S/C16H20IN3O/c1-4-9-18-15-11(3)16(20-14(5-2)19-15)21-13-8-6-7-12(17)10-13/h6-8,10H,4-5,9H2,1-3H3,(H,18,19,20). The topological polar surface area (TPSA) is 47.0 Å². The molecule has 2 rings (SSSR count). The normalized spacial score (nSPS) is 10.5. The highest BCUT2D eigenvalue weighted by Gasteiger charge is 2.12. The van der Waals surface area contributed by atoms with Crippen LogP contribution in [-0.2, 0) is 6.42 Å². The maximum atomic E-state index is 5.96. The fourth-order valence-corrected chi connectivity index (χ4v) is 2.37. The van der Waals surface area contributed by atoms with Gasteiger partial charge >= 0.3 is 0 Å². The molecule has 0 aliphatic heterocycles. The Morgan fingerprint density at radius 2 is 2.05 bits per heavy atom. The molecule has 0 aliphatic carbocycles. The summed E-state index contributed by atoms with van der Waals surface area (Å²) in [6.07, 6.45) is 1.84. The van der Waals surface area contributed by atoms with Crippen LogP contribution in [-0.4, -0.2) is 16.5 Å². The van der Waals surface area contributed by atoms with Gasteiger partial charge in [0, 0.05) is 16.5 Å². The second-order valence-electron chi connectivity index (χ2n) is 4.76. The Hall–Kier alpha value is -1.37. The van der Waals surface area contributed by atoms with E-state index < -0.39 is 0 Å². The number of aryl methyl sites for hydroxylation is 1. The second-order valence-corrected chi connectivity index (χ2v) is 6.00. The molecule has 21 heavy (non-hydrogen) atoms. The lowest BCUT2D eigenvalue weighted by atomic mass is 10.3. The van der Waals surface area contributed by atoms with E-state index in [4.69, 9.17) is 4.74 Å². The van der Waals surface area contributed by atoms with Crippen molar-refractivity contribution in [3.8, 4) is 11.6 Å². The third-order valence-corrected chi connectivity index (χ3v) is 3.69. The van der Waals surface area contributed by atoms with Crippen LogP contribution in [0, 0.1) is 10.5 Å². The molecule has 0 atom stereocenters. The predicted octanol–water partition coefficient (Wildman–Crippen LogP) is 4.57. The third kappa shape index (κ3) is 4.30. The first-order chi connectivity index (χ1) is 10.1. The van der Waals surface area contributed by atoms with Crippen LogP contribution in [0.1, 0.15) is 31.7 Å². The van der Waals surface area contributed by atoms with Crippen LogP contribution < -0.4 is 10.1 Å². The van der Waals surface area contributed by atoms with E-state index >= 15 is 0 Å². The Morgan fingerprint density at radius 3 is 2.71 bits per heavy atom. The van der Waals surface area contributed by atoms with Gasteiger partial charge in [-0.1, -0.05) is 19.9 Å². The quantitative estimate of drug-likeness (QED) is 0.726. The molecule has 0 fully saturated rings. The summed E-state index contributed by atoms with van der Waals surface area (Å²) in [5.41, 5.74) is 0.944. The Morgan fingerprint density at radius 1 is 1.24 bits per heavy atom. The Bertz CT molecular complexity index is 616. The largest absolute Gasteiger partial charge is 0.439 e. The summed E-state index contributed by atoms with van der Waals surface area (Å²) in [5.74, 6) is 3.08. The SMILES string of the molecule is CCCNc1nc(CC)nc(Oc2cccc(I)c2)c1C. The zero-order chi connectivity index (χ0) is 15.2. The van der Waals surface area contributed by atoms with E-state index in [-0.39, 0.29) is 0 Å². The van der Waals surface area contributed by atoms with Crippen molar-refractivity contribution in [2.24, 2.45) is 0 Å². The molecule has 0 saturated heterocycles. The minimum absolute atomic E-state index is 0.627. The highest BCUT2D eigenvalue weighted by Crippen LogP contribution is 2.28. The number of rotatable bonds is 6. The number of nitrogens with zero attached hydrogens (tertiary/aromatic N) is 2. The Kier molecular flexibility index (Phi) is 5.78. The third-order valence-electron chi connectivity index (χ3n) is 3.02. The van der Waals surface area contributed by atoms with Gasteiger partial charge in [-0.05, 0) is 54.1 Å². The number of anilines is 1. The van der Waals surface area contributed by atoms with Gasteiger partial charge in [0.15, 0.2) is 0 Å². The summed E-state index contributed by atoms with van der Waals surface area (Å²) in [7, 11) is 0. The van der Waals surface area contributed by atoms with Gasteiger partial charge in [-0.3, -0.25) is 0 Å². The molecule has 0 amide bonds. The first kappa shape index (κ1) is 16.0. The van der Waals surface area contributed by atoms with E-state index in [1.165, 1.54) is 0 Å². The van der Waals surface area contributed by atoms with Gasteiger partial charge in [-0.15, -0.1) is 0 Å². The zero-order valence-corrected chi connectivity index (χ0v) is 14.8. The summed E-state index contributed by atoms with van der Waals surface area (Å²) < 4.78 is 7.09. The molecule has 1 aromatic carbocycles. The minimum atomic E-state index is 0.627. The number of halogens is 1. The van der Waals surface area contributed by atoms with Crippen LogP contribution in [0.2, 0.25) is 0 Å². The first-order valence-corrected chi connectivity index (χ1v) is 8.26. The monoisotopic (exact) mass is 397 g/mol. The van der Waals surface area contributed by atoms with Gasteiger partial charge in [0.2, 0.25) is 5.88 Å². The number of aromatic nitrogens is 2. The lowest BCUT2D eigenvalue weighted by Gasteiger charge is -2.14. The first-order valence-electron chi connectivity index (χ1n) is 7.18. The lowest BCUT2D eigenvalue weighted by molar-refractivity contribution is 0.454. The van der Waals surface area contributed by atoms with Gasteiger partial charge < -0.3 is 10.1 Å². The smallest absolute Gasteiger partial charge is 0.227 e. The maximum absolute atomic E-state index is 5.96. The summed E-state index contributed by atoms with van der Waals surface area (Å²) >= 11 is 2.27.